The van der Waals surface area contributed by atoms with Crippen LogP contribution in [-0.2, 0) is 0 Å². The lowest BCUT2D eigenvalue weighted by Gasteiger charge is -2.32. The van der Waals surface area contributed by atoms with Crippen molar-refractivity contribution in [2.45, 2.75) is 33.7 Å². The molecule has 1 atom stereocenters. The summed E-state index contributed by atoms with van der Waals surface area (Å²) in [5.41, 5.74) is 10.1. The average Bonchev–Trinajstić information content (AvgIpc) is 2.80. The van der Waals surface area contributed by atoms with E-state index in [1.807, 2.05) is 0 Å². The number of anilines is 3. The first kappa shape index (κ1) is 21.7. The lowest BCUT2D eigenvalue weighted by Crippen LogP contribution is -2.29. The van der Waals surface area contributed by atoms with Crippen LogP contribution in [0.25, 0.3) is 0 Å². The maximum absolute atomic E-state index is 3.93. The Morgan fingerprint density at radius 2 is 1.12 bits per heavy atom. The van der Waals surface area contributed by atoms with Gasteiger partial charge in [-0.05, 0) is 74.2 Å². The van der Waals surface area contributed by atoms with E-state index in [9.17, 15) is 0 Å². The van der Waals surface area contributed by atoms with Crippen molar-refractivity contribution < 1.29 is 0 Å². The minimum absolute atomic E-state index is 0.122. The van der Waals surface area contributed by atoms with Crippen LogP contribution >= 0.6 is 0 Å². The number of benzene rings is 4. The van der Waals surface area contributed by atoms with Crippen molar-refractivity contribution in [3.8, 4) is 0 Å². The Morgan fingerprint density at radius 1 is 0.625 bits per heavy atom. The molecule has 0 heterocycles. The summed E-state index contributed by atoms with van der Waals surface area (Å²) < 4.78 is 0. The minimum Gasteiger partial charge on any atom is -0.376 e. The van der Waals surface area contributed by atoms with E-state index in [2.05, 4.69) is 135 Å². The Bertz CT molecular complexity index is 1100. The molecule has 0 saturated carbocycles. The van der Waals surface area contributed by atoms with Crippen LogP contribution in [0.4, 0.5) is 17.1 Å². The van der Waals surface area contributed by atoms with Gasteiger partial charge in [0.25, 0.3) is 0 Å². The summed E-state index contributed by atoms with van der Waals surface area (Å²) >= 11 is 0. The van der Waals surface area contributed by atoms with E-state index in [-0.39, 0.29) is 6.04 Å². The standard InChI is InChI=1S/C30H32N2/c1-22-19-24(3)30(25(4)20-22)31-29(28-18-12-11-13-23(28)2)21-32(26-14-7-5-8-15-26)27-16-9-6-10-17-27/h5-20,29,31H,21H2,1-4H3. The van der Waals surface area contributed by atoms with Gasteiger partial charge in [-0.15, -0.1) is 0 Å². The summed E-state index contributed by atoms with van der Waals surface area (Å²) in [6.07, 6.45) is 0. The van der Waals surface area contributed by atoms with Crippen molar-refractivity contribution in [1.29, 1.82) is 0 Å². The molecule has 0 aliphatic carbocycles. The number of nitrogens with one attached hydrogen (secondary N) is 1. The molecule has 2 nitrogen and oxygen atoms in total. The highest BCUT2D eigenvalue weighted by Crippen LogP contribution is 2.33. The van der Waals surface area contributed by atoms with Crippen LogP contribution in [0.3, 0.4) is 0 Å². The third-order valence-corrected chi connectivity index (χ3v) is 6.06. The molecule has 0 saturated heterocycles. The minimum atomic E-state index is 0.122. The van der Waals surface area contributed by atoms with E-state index in [1.54, 1.807) is 0 Å². The molecule has 4 aromatic carbocycles. The largest absolute Gasteiger partial charge is 0.376 e. The van der Waals surface area contributed by atoms with Crippen LogP contribution in [0.15, 0.2) is 97.1 Å². The van der Waals surface area contributed by atoms with Crippen molar-refractivity contribution in [1.82, 2.24) is 0 Å². The molecule has 0 amide bonds. The van der Waals surface area contributed by atoms with Gasteiger partial charge in [0.15, 0.2) is 0 Å². The van der Waals surface area contributed by atoms with Crippen molar-refractivity contribution in [2.75, 3.05) is 16.8 Å². The summed E-state index contributed by atoms with van der Waals surface area (Å²) in [6, 6.07) is 34.7. The van der Waals surface area contributed by atoms with E-state index in [0.717, 1.165) is 6.54 Å². The van der Waals surface area contributed by atoms with Gasteiger partial charge in [0.1, 0.15) is 0 Å². The maximum atomic E-state index is 3.93. The molecule has 1 unspecified atom stereocenters. The van der Waals surface area contributed by atoms with Gasteiger partial charge in [-0.1, -0.05) is 78.4 Å². The Kier molecular flexibility index (Phi) is 6.61. The number of rotatable bonds is 7. The van der Waals surface area contributed by atoms with Gasteiger partial charge in [0.05, 0.1) is 6.04 Å². The summed E-state index contributed by atoms with van der Waals surface area (Å²) in [5, 5.41) is 3.93. The first-order valence-electron chi connectivity index (χ1n) is 11.3. The Balaban J connectivity index is 1.78. The predicted octanol–water partition coefficient (Wildman–Crippen LogP) is 7.91. The SMILES string of the molecule is Cc1cc(C)c(NC(CN(c2ccccc2)c2ccccc2)c2ccccc2C)c(C)c1. The van der Waals surface area contributed by atoms with Crippen molar-refractivity contribution in [2.24, 2.45) is 0 Å². The predicted molar refractivity (Wildman–Crippen MR) is 138 cm³/mol. The van der Waals surface area contributed by atoms with E-state index >= 15 is 0 Å². The quantitative estimate of drug-likeness (QED) is 0.327. The smallest absolute Gasteiger partial charge is 0.0696 e. The monoisotopic (exact) mass is 420 g/mol. The summed E-state index contributed by atoms with van der Waals surface area (Å²) in [7, 11) is 0. The highest BCUT2D eigenvalue weighted by atomic mass is 15.2. The highest BCUT2D eigenvalue weighted by Gasteiger charge is 2.21. The maximum Gasteiger partial charge on any atom is 0.0696 e. The molecule has 4 aromatic rings. The molecule has 0 bridgehead atoms. The molecule has 2 heteroatoms. The first-order chi connectivity index (χ1) is 15.5. The fraction of sp³-hybridized carbons (Fsp3) is 0.200. The topological polar surface area (TPSA) is 15.3 Å². The molecule has 1 N–H and O–H groups in total. The van der Waals surface area contributed by atoms with Gasteiger partial charge in [-0.25, -0.2) is 0 Å². The van der Waals surface area contributed by atoms with Crippen LogP contribution in [0, 0.1) is 27.7 Å². The lowest BCUT2D eigenvalue weighted by atomic mass is 9.98. The van der Waals surface area contributed by atoms with Crippen molar-refractivity contribution >= 4 is 17.1 Å². The van der Waals surface area contributed by atoms with E-state index in [0.29, 0.717) is 0 Å². The summed E-state index contributed by atoms with van der Waals surface area (Å²) in [4.78, 5) is 2.41. The van der Waals surface area contributed by atoms with Gasteiger partial charge in [0, 0.05) is 23.6 Å². The molecule has 0 aliphatic rings. The van der Waals surface area contributed by atoms with Gasteiger partial charge >= 0.3 is 0 Å². The zero-order valence-electron chi connectivity index (χ0n) is 19.5. The zero-order valence-corrected chi connectivity index (χ0v) is 19.5. The Labute approximate surface area is 192 Å². The number of nitrogens with zero attached hydrogens (tertiary/aromatic N) is 1. The van der Waals surface area contributed by atoms with Crippen LogP contribution in [-0.4, -0.2) is 6.54 Å². The van der Waals surface area contributed by atoms with E-state index in [1.165, 1.54) is 44.9 Å². The molecule has 0 aromatic heterocycles. The molecule has 0 aliphatic heterocycles. The molecule has 0 spiro atoms. The normalized spacial score (nSPS) is 11.8. The molecule has 0 radical (unpaired) electrons. The van der Waals surface area contributed by atoms with Gasteiger partial charge in [-0.3, -0.25) is 0 Å². The van der Waals surface area contributed by atoms with Crippen LogP contribution in [0.1, 0.15) is 33.9 Å². The molecule has 162 valence electrons. The number of hydrogen-bond donors (Lipinski definition) is 1. The Morgan fingerprint density at radius 3 is 1.66 bits per heavy atom. The first-order valence-corrected chi connectivity index (χ1v) is 11.3. The second kappa shape index (κ2) is 9.74. The summed E-state index contributed by atoms with van der Waals surface area (Å²) in [5.74, 6) is 0. The fourth-order valence-corrected chi connectivity index (χ4v) is 4.54. The third kappa shape index (κ3) is 4.86. The summed E-state index contributed by atoms with van der Waals surface area (Å²) in [6.45, 7) is 9.57. The van der Waals surface area contributed by atoms with E-state index in [4.69, 9.17) is 0 Å². The second-order valence-electron chi connectivity index (χ2n) is 8.61. The highest BCUT2D eigenvalue weighted by molar-refractivity contribution is 5.65. The lowest BCUT2D eigenvalue weighted by molar-refractivity contribution is 0.760. The van der Waals surface area contributed by atoms with Crippen LogP contribution in [0.5, 0.6) is 0 Å². The molecule has 0 fully saturated rings. The average molecular weight is 421 g/mol. The van der Waals surface area contributed by atoms with Crippen molar-refractivity contribution in [3.63, 3.8) is 0 Å². The second-order valence-corrected chi connectivity index (χ2v) is 8.61. The van der Waals surface area contributed by atoms with Crippen LogP contribution in [0.2, 0.25) is 0 Å². The van der Waals surface area contributed by atoms with E-state index < -0.39 is 0 Å². The zero-order chi connectivity index (χ0) is 22.5. The van der Waals surface area contributed by atoms with Gasteiger partial charge in [0.2, 0.25) is 0 Å². The molecular formula is C30H32N2. The number of hydrogen-bond acceptors (Lipinski definition) is 2. The fourth-order valence-electron chi connectivity index (χ4n) is 4.54. The Hall–Kier alpha value is -3.52. The van der Waals surface area contributed by atoms with Crippen molar-refractivity contribution in [3.05, 3.63) is 125 Å². The molecule has 4 rings (SSSR count). The number of para-hydroxylation sites is 2. The number of aryl methyl sites for hydroxylation is 4. The van der Waals surface area contributed by atoms with Gasteiger partial charge < -0.3 is 10.2 Å². The molecule has 32 heavy (non-hydrogen) atoms. The van der Waals surface area contributed by atoms with Gasteiger partial charge in [-0.2, -0.15) is 0 Å². The van der Waals surface area contributed by atoms with Crippen LogP contribution < -0.4 is 10.2 Å². The third-order valence-electron chi connectivity index (χ3n) is 6.06. The molecular weight excluding hydrogens is 388 g/mol.